The van der Waals surface area contributed by atoms with Crippen LogP contribution in [0.3, 0.4) is 0 Å². The van der Waals surface area contributed by atoms with E-state index in [4.69, 9.17) is 28.0 Å². The monoisotopic (exact) mass is 1070 g/mol. The quantitative estimate of drug-likeness (QED) is 0.0373. The van der Waals surface area contributed by atoms with Crippen LogP contribution in [0.4, 0.5) is 0 Å². The van der Waals surface area contributed by atoms with Crippen molar-refractivity contribution >= 4 is 81.9 Å². The van der Waals surface area contributed by atoms with Crippen LogP contribution in [0.2, 0.25) is 0 Å². The van der Waals surface area contributed by atoms with Crippen LogP contribution < -0.4 is 70.4 Å². The molecule has 2 aromatic carbocycles. The largest absolute Gasteiger partial charge is 0.370 e. The van der Waals surface area contributed by atoms with Gasteiger partial charge in [-0.05, 0) is 69.1 Å². The minimum atomic E-state index is -1.63. The van der Waals surface area contributed by atoms with Gasteiger partial charge in [-0.25, -0.2) is 0 Å². The summed E-state index contributed by atoms with van der Waals surface area (Å²) in [5.74, 6) is -8.71. The summed E-state index contributed by atoms with van der Waals surface area (Å²) in [4.78, 5) is 143. The Hall–Kier alpha value is -8.78. The summed E-state index contributed by atoms with van der Waals surface area (Å²) in [6.07, 6.45) is 1.76. The van der Waals surface area contributed by atoms with Crippen molar-refractivity contribution < 1.29 is 47.9 Å². The molecule has 0 saturated carbocycles. The number of aromatic nitrogens is 1. The van der Waals surface area contributed by atoms with Crippen LogP contribution in [0.15, 0.2) is 60.8 Å². The van der Waals surface area contributed by atoms with Gasteiger partial charge in [0, 0.05) is 56.5 Å². The lowest BCUT2D eigenvalue weighted by Gasteiger charge is -2.41. The highest BCUT2D eigenvalue weighted by molar-refractivity contribution is 6.00. The Labute approximate surface area is 444 Å². The van der Waals surface area contributed by atoms with Gasteiger partial charge in [-0.2, -0.15) is 0 Å². The molecule has 0 unspecified atom stereocenters. The van der Waals surface area contributed by atoms with E-state index < -0.39 is 120 Å². The molecule has 77 heavy (non-hydrogen) atoms. The third-order valence-corrected chi connectivity index (χ3v) is 12.9. The van der Waals surface area contributed by atoms with E-state index in [1.54, 1.807) is 42.6 Å². The van der Waals surface area contributed by atoms with Gasteiger partial charge < -0.3 is 80.3 Å². The van der Waals surface area contributed by atoms with Crippen molar-refractivity contribution in [1.82, 2.24) is 63.1 Å². The molecule has 0 aliphatic carbocycles. The number of nitrogens with zero attached hydrogens (tertiary/aromatic N) is 1. The lowest BCUT2D eigenvalue weighted by atomic mass is 9.98. The van der Waals surface area contributed by atoms with Crippen LogP contribution in [0.5, 0.6) is 0 Å². The zero-order valence-electron chi connectivity index (χ0n) is 43.1. The lowest BCUT2D eigenvalue weighted by Crippen LogP contribution is -2.68. The number of hydrogen-bond donors (Lipinski definition) is 16. The van der Waals surface area contributed by atoms with Gasteiger partial charge in [-0.3, -0.25) is 58.8 Å². The number of carbonyl (C=O) groups is 10. The fourth-order valence-electron chi connectivity index (χ4n) is 8.95. The van der Waals surface area contributed by atoms with Gasteiger partial charge in [0.05, 0.1) is 13.0 Å². The molecule has 3 aromatic rings. The number of H-pyrrole nitrogens is 1. The topological polar surface area (TPSA) is 436 Å². The third-order valence-electron chi connectivity index (χ3n) is 12.9. The Bertz CT molecular complexity index is 2650. The first-order chi connectivity index (χ1) is 36.7. The number of nitrogens with one attached hydrogen (secondary N) is 13. The molecule has 2 bridgehead atoms. The molecule has 1 aromatic heterocycles. The van der Waals surface area contributed by atoms with Crippen LogP contribution in [0, 0.1) is 10.8 Å². The molecule has 2 aliphatic rings. The molecule has 27 nitrogen and oxygen atoms in total. The van der Waals surface area contributed by atoms with Crippen molar-refractivity contribution in [2.45, 2.75) is 126 Å². The molecule has 2 fully saturated rings. The fourth-order valence-corrected chi connectivity index (χ4v) is 8.95. The number of para-hydroxylation sites is 1. The number of primary amides is 1. The van der Waals surface area contributed by atoms with Gasteiger partial charge >= 0.3 is 0 Å². The number of hydrogen-bond acceptors (Lipinski definition) is 12. The first-order valence-corrected chi connectivity index (χ1v) is 25.4. The smallest absolute Gasteiger partial charge is 0.246 e. The van der Waals surface area contributed by atoms with Crippen LogP contribution in [0.25, 0.3) is 10.9 Å². The van der Waals surface area contributed by atoms with Crippen LogP contribution in [0.1, 0.15) is 76.3 Å². The number of amides is 10. The average molecular weight is 1070 g/mol. The number of aromatic amines is 1. The highest BCUT2D eigenvalue weighted by Gasteiger charge is 2.43. The fraction of sp³-hybridized carbons (Fsp3) is 0.480. The SMILES string of the molecule is CC(=O)N[C@@H](CCCNC(=N)N)C(=O)N[C@H]1CC(=O)NCCCC[C@@H](C(N)=O)NC(=O)[C@H](Cc2c[nH]c3ccccc23)NC(=O)[C@H]2CN(C(=O)[C@@H](Cc3ccccc3)NC(=O)[C@H](C)NC1=O)[C@@H](CCCNC(=N)N)C(=O)N2. The first-order valence-electron chi connectivity index (χ1n) is 25.4. The third kappa shape index (κ3) is 18.2. The van der Waals surface area contributed by atoms with Crippen molar-refractivity contribution in [2.75, 3.05) is 26.2 Å². The zero-order chi connectivity index (χ0) is 56.2. The summed E-state index contributed by atoms with van der Waals surface area (Å²) in [6, 6.07) is 4.84. The second-order valence-corrected chi connectivity index (χ2v) is 19.0. The molecule has 5 rings (SSSR count). The van der Waals surface area contributed by atoms with Gasteiger partial charge in [-0.1, -0.05) is 48.5 Å². The summed E-state index contributed by atoms with van der Waals surface area (Å²) in [5, 5.41) is 42.0. The highest BCUT2D eigenvalue weighted by Crippen LogP contribution is 2.21. The molecule has 2 saturated heterocycles. The molecular weight excluding hydrogens is 999 g/mol. The maximum Gasteiger partial charge on any atom is 0.246 e. The van der Waals surface area contributed by atoms with Crippen molar-refractivity contribution in [3.63, 3.8) is 0 Å². The maximum atomic E-state index is 15.1. The van der Waals surface area contributed by atoms with E-state index in [1.165, 1.54) is 13.8 Å². The van der Waals surface area contributed by atoms with Crippen molar-refractivity contribution in [3.8, 4) is 0 Å². The van der Waals surface area contributed by atoms with E-state index in [-0.39, 0.29) is 89.3 Å². The molecular formula is C50H71N17O10. The summed E-state index contributed by atoms with van der Waals surface area (Å²) < 4.78 is 0. The molecule has 2 aliphatic heterocycles. The molecule has 3 heterocycles. The number of fused-ring (bicyclic) bond motifs is 3. The van der Waals surface area contributed by atoms with Crippen LogP contribution in [-0.2, 0) is 60.8 Å². The standard InChI is InChI=1S/C50H71N17O10/c1-27-42(71)65-37(22-29-12-4-3-5-13-29)48(77)67-26-38(66-47(76)39(67)18-11-21-58-50(54)55)46(75)63-35(23-30-25-59-32-15-7-6-14-31(30)32)45(74)62-33(41(51)70)16-8-9-19-56-40(69)24-36(44(73)60-27)64-43(72)34(61-28(2)68)17-10-20-57-49(52)53/h3-7,12-15,25,27,33-39,59H,8-11,16-24,26H2,1-2H3,(H2,51,70)(H,56,69)(H,60,73)(H,61,68)(H,62,74)(H,63,75)(H,64,72)(H,65,71)(H,66,76)(H4,52,53,57)(H4,54,55,58)/t27-,33-,34-,35-,36-,37+,38+,39-/m0/s1. The van der Waals surface area contributed by atoms with E-state index in [1.807, 2.05) is 18.2 Å². The Morgan fingerprint density at radius 2 is 1.43 bits per heavy atom. The normalized spacial score (nSPS) is 22.8. The molecule has 27 heteroatoms. The Morgan fingerprint density at radius 3 is 2.12 bits per heavy atom. The second-order valence-electron chi connectivity index (χ2n) is 19.0. The van der Waals surface area contributed by atoms with E-state index in [0.29, 0.717) is 11.1 Å². The lowest BCUT2D eigenvalue weighted by molar-refractivity contribution is -0.150. The van der Waals surface area contributed by atoms with E-state index in [2.05, 4.69) is 58.2 Å². The van der Waals surface area contributed by atoms with E-state index in [0.717, 1.165) is 15.8 Å². The number of nitrogens with two attached hydrogens (primary N) is 3. The van der Waals surface area contributed by atoms with Crippen molar-refractivity contribution in [1.29, 1.82) is 10.8 Å². The second kappa shape index (κ2) is 28.8. The first kappa shape index (κ1) is 59.1. The van der Waals surface area contributed by atoms with Crippen molar-refractivity contribution in [2.24, 2.45) is 17.2 Å². The minimum Gasteiger partial charge on any atom is -0.370 e. The predicted octanol–water partition coefficient (Wildman–Crippen LogP) is -3.70. The molecule has 10 amide bonds. The minimum absolute atomic E-state index is 0.00143. The Morgan fingerprint density at radius 1 is 0.753 bits per heavy atom. The summed E-state index contributed by atoms with van der Waals surface area (Å²) in [5.41, 5.74) is 18.6. The molecule has 19 N–H and O–H groups in total. The van der Waals surface area contributed by atoms with Gasteiger partial charge in [0.1, 0.15) is 48.3 Å². The predicted molar refractivity (Wildman–Crippen MR) is 281 cm³/mol. The zero-order valence-corrected chi connectivity index (χ0v) is 43.1. The van der Waals surface area contributed by atoms with E-state index in [9.17, 15) is 43.2 Å². The molecule has 416 valence electrons. The summed E-state index contributed by atoms with van der Waals surface area (Å²) in [7, 11) is 0. The molecule has 0 spiro atoms. The number of piperazine rings is 1. The van der Waals surface area contributed by atoms with Gasteiger partial charge in [0.15, 0.2) is 11.9 Å². The Kier molecular flexibility index (Phi) is 22.1. The molecule has 8 atom stereocenters. The van der Waals surface area contributed by atoms with E-state index >= 15 is 4.79 Å². The van der Waals surface area contributed by atoms with Crippen LogP contribution >= 0.6 is 0 Å². The maximum absolute atomic E-state index is 15.1. The van der Waals surface area contributed by atoms with Gasteiger partial charge in [-0.15, -0.1) is 0 Å². The van der Waals surface area contributed by atoms with Gasteiger partial charge in [0.2, 0.25) is 59.1 Å². The number of carbonyl (C=O) groups excluding carboxylic acids is 10. The number of rotatable bonds is 16. The summed E-state index contributed by atoms with van der Waals surface area (Å²) >= 11 is 0. The average Bonchev–Trinajstić information content (AvgIpc) is 3.80. The van der Waals surface area contributed by atoms with Gasteiger partial charge in [0.25, 0.3) is 0 Å². The molecule has 0 radical (unpaired) electrons. The van der Waals surface area contributed by atoms with Crippen molar-refractivity contribution in [3.05, 3.63) is 71.9 Å². The summed E-state index contributed by atoms with van der Waals surface area (Å²) in [6.45, 7) is 2.36. The highest BCUT2D eigenvalue weighted by atomic mass is 16.2. The number of benzene rings is 2. The van der Waals surface area contributed by atoms with Crippen LogP contribution in [-0.4, -0.2) is 155 Å². The number of guanidine groups is 2. The Balaban J connectivity index is 1.52.